The van der Waals surface area contributed by atoms with Gasteiger partial charge < -0.3 is 24.8 Å². The number of piperidine rings is 1. The maximum absolute atomic E-state index is 12.8. The van der Waals surface area contributed by atoms with E-state index < -0.39 is 0 Å². The SMILES string of the molecule is CCCNC(=O)N1CCN(c2cc(Cl)nc(SCC(=O)N3CCCC(C(=O)OCC)C3)n2)CC1. The third-order valence-electron chi connectivity index (χ3n) is 5.80. The Morgan fingerprint density at radius 2 is 1.91 bits per heavy atom. The predicted molar refractivity (Wildman–Crippen MR) is 131 cm³/mol. The van der Waals surface area contributed by atoms with Gasteiger partial charge in [-0.2, -0.15) is 0 Å². The average Bonchev–Trinajstić information content (AvgIpc) is 2.85. The van der Waals surface area contributed by atoms with E-state index in [1.165, 1.54) is 11.8 Å². The van der Waals surface area contributed by atoms with Gasteiger partial charge in [0.2, 0.25) is 5.91 Å². The van der Waals surface area contributed by atoms with Crippen molar-refractivity contribution in [2.45, 2.75) is 38.3 Å². The number of esters is 1. The molecule has 0 aromatic carbocycles. The fourth-order valence-electron chi connectivity index (χ4n) is 3.97. The number of amides is 3. The first-order valence-corrected chi connectivity index (χ1v) is 13.2. The van der Waals surface area contributed by atoms with Crippen LogP contribution in [-0.2, 0) is 14.3 Å². The lowest BCUT2D eigenvalue weighted by molar-refractivity contribution is -0.151. The zero-order valence-corrected chi connectivity index (χ0v) is 21.4. The van der Waals surface area contributed by atoms with E-state index in [2.05, 4.69) is 20.2 Å². The first kappa shape index (κ1) is 26.3. The van der Waals surface area contributed by atoms with Gasteiger partial charge in [-0.3, -0.25) is 9.59 Å². The van der Waals surface area contributed by atoms with E-state index in [0.29, 0.717) is 68.5 Å². The zero-order valence-electron chi connectivity index (χ0n) is 19.8. The molecule has 2 fully saturated rings. The van der Waals surface area contributed by atoms with Gasteiger partial charge in [-0.25, -0.2) is 14.8 Å². The molecule has 188 valence electrons. The molecule has 1 aromatic heterocycles. The first-order valence-electron chi connectivity index (χ1n) is 11.8. The molecule has 3 rings (SSSR count). The Bertz CT molecular complexity index is 868. The standard InChI is InChI=1S/C22H33ClN6O4S/c1-3-7-24-22(32)28-11-9-27(10-12-28)18-13-17(23)25-21(26-18)34-15-19(30)29-8-5-6-16(14-29)20(31)33-4-2/h13,16H,3-12,14-15H2,1-2H3,(H,24,32). The maximum atomic E-state index is 12.8. The molecule has 2 aliphatic heterocycles. The van der Waals surface area contributed by atoms with E-state index in [1.807, 2.05) is 6.92 Å². The van der Waals surface area contributed by atoms with E-state index in [-0.39, 0.29) is 29.6 Å². The molecule has 34 heavy (non-hydrogen) atoms. The highest BCUT2D eigenvalue weighted by molar-refractivity contribution is 7.99. The molecule has 10 nitrogen and oxygen atoms in total. The van der Waals surface area contributed by atoms with Gasteiger partial charge in [-0.05, 0) is 26.2 Å². The molecule has 1 aromatic rings. The molecule has 1 unspecified atom stereocenters. The number of piperazine rings is 1. The first-order chi connectivity index (χ1) is 16.4. The number of anilines is 1. The molecule has 0 aliphatic carbocycles. The van der Waals surface area contributed by atoms with Crippen LogP contribution in [0.1, 0.15) is 33.1 Å². The summed E-state index contributed by atoms with van der Waals surface area (Å²) in [5.41, 5.74) is 0. The van der Waals surface area contributed by atoms with Crippen LogP contribution in [0.4, 0.5) is 10.6 Å². The lowest BCUT2D eigenvalue weighted by atomic mass is 9.98. The number of halogens is 1. The van der Waals surface area contributed by atoms with Crippen molar-refractivity contribution >= 4 is 47.1 Å². The second-order valence-corrected chi connectivity index (χ2v) is 9.59. The van der Waals surface area contributed by atoms with E-state index in [9.17, 15) is 14.4 Å². The molecular formula is C22H33ClN6O4S. The maximum Gasteiger partial charge on any atom is 0.317 e. The van der Waals surface area contributed by atoms with Crippen LogP contribution in [0.25, 0.3) is 0 Å². The van der Waals surface area contributed by atoms with E-state index in [1.54, 1.807) is 22.8 Å². The molecule has 1 atom stereocenters. The summed E-state index contributed by atoms with van der Waals surface area (Å²) in [5.74, 6) is 0.290. The van der Waals surface area contributed by atoms with Crippen LogP contribution in [0.3, 0.4) is 0 Å². The van der Waals surface area contributed by atoms with E-state index in [0.717, 1.165) is 19.3 Å². The van der Waals surface area contributed by atoms with E-state index in [4.69, 9.17) is 16.3 Å². The Morgan fingerprint density at radius 1 is 1.15 bits per heavy atom. The number of aromatic nitrogens is 2. The highest BCUT2D eigenvalue weighted by Crippen LogP contribution is 2.24. The van der Waals surface area contributed by atoms with Gasteiger partial charge in [0.05, 0.1) is 18.3 Å². The van der Waals surface area contributed by atoms with Crippen LogP contribution >= 0.6 is 23.4 Å². The number of carbonyl (C=O) groups excluding carboxylic acids is 3. The number of likely N-dealkylation sites (tertiary alicyclic amines) is 1. The van der Waals surface area contributed by atoms with Gasteiger partial charge in [-0.1, -0.05) is 30.3 Å². The average molecular weight is 513 g/mol. The summed E-state index contributed by atoms with van der Waals surface area (Å²) in [6.07, 6.45) is 2.42. The number of carbonyl (C=O) groups is 3. The Kier molecular flexibility index (Phi) is 10.1. The molecule has 12 heteroatoms. The molecule has 2 aliphatic rings. The van der Waals surface area contributed by atoms with Gasteiger partial charge in [0, 0.05) is 51.9 Å². The minimum atomic E-state index is -0.264. The molecule has 0 bridgehead atoms. The summed E-state index contributed by atoms with van der Waals surface area (Å²) in [5, 5.41) is 3.64. The zero-order chi connectivity index (χ0) is 24.5. The summed E-state index contributed by atoms with van der Waals surface area (Å²) in [6.45, 7) is 8.29. The van der Waals surface area contributed by atoms with Crippen molar-refractivity contribution in [2.24, 2.45) is 5.92 Å². The van der Waals surface area contributed by atoms with Crippen molar-refractivity contribution in [1.82, 2.24) is 25.1 Å². The molecule has 1 N–H and O–H groups in total. The molecule has 0 spiro atoms. The van der Waals surface area contributed by atoms with Crippen LogP contribution < -0.4 is 10.2 Å². The third kappa shape index (κ3) is 7.36. The van der Waals surface area contributed by atoms with Gasteiger partial charge in [-0.15, -0.1) is 0 Å². The Labute approximate surface area is 209 Å². The molecular weight excluding hydrogens is 480 g/mol. The fraction of sp³-hybridized carbons (Fsp3) is 0.682. The number of hydrogen-bond donors (Lipinski definition) is 1. The van der Waals surface area contributed by atoms with Crippen LogP contribution in [0.5, 0.6) is 0 Å². The highest BCUT2D eigenvalue weighted by atomic mass is 35.5. The van der Waals surface area contributed by atoms with Crippen LogP contribution in [0, 0.1) is 5.92 Å². The molecule has 3 amide bonds. The van der Waals surface area contributed by atoms with Crippen molar-refractivity contribution in [3.05, 3.63) is 11.2 Å². The quantitative estimate of drug-likeness (QED) is 0.244. The Balaban J connectivity index is 1.53. The molecule has 2 saturated heterocycles. The largest absolute Gasteiger partial charge is 0.466 e. The van der Waals surface area contributed by atoms with Gasteiger partial charge >= 0.3 is 12.0 Å². The summed E-state index contributed by atoms with van der Waals surface area (Å²) < 4.78 is 5.11. The number of hydrogen-bond acceptors (Lipinski definition) is 8. The number of rotatable bonds is 8. The number of thioether (sulfide) groups is 1. The van der Waals surface area contributed by atoms with Gasteiger partial charge in [0.25, 0.3) is 0 Å². The van der Waals surface area contributed by atoms with Crippen LogP contribution in [0.2, 0.25) is 5.15 Å². The number of nitrogens with one attached hydrogen (secondary N) is 1. The summed E-state index contributed by atoms with van der Waals surface area (Å²) in [4.78, 5) is 51.4. The van der Waals surface area contributed by atoms with Crippen LogP contribution in [-0.4, -0.2) is 95.8 Å². The second kappa shape index (κ2) is 13.0. The van der Waals surface area contributed by atoms with Gasteiger partial charge in [0.15, 0.2) is 5.16 Å². The highest BCUT2D eigenvalue weighted by Gasteiger charge is 2.29. The lowest BCUT2D eigenvalue weighted by Gasteiger charge is -2.35. The summed E-state index contributed by atoms with van der Waals surface area (Å²) in [6, 6.07) is 1.66. The van der Waals surface area contributed by atoms with Crippen LogP contribution in [0.15, 0.2) is 11.2 Å². The van der Waals surface area contributed by atoms with Crippen molar-refractivity contribution in [2.75, 3.05) is 63.1 Å². The Hall–Kier alpha value is -2.27. The van der Waals surface area contributed by atoms with Crippen molar-refractivity contribution < 1.29 is 19.1 Å². The normalized spacial score (nSPS) is 18.6. The van der Waals surface area contributed by atoms with Crippen molar-refractivity contribution in [3.63, 3.8) is 0 Å². The number of urea groups is 1. The molecule has 0 saturated carbocycles. The third-order valence-corrected chi connectivity index (χ3v) is 6.82. The second-order valence-electron chi connectivity index (χ2n) is 8.26. The summed E-state index contributed by atoms with van der Waals surface area (Å²) >= 11 is 7.47. The number of nitrogens with zero attached hydrogens (tertiary/aromatic N) is 5. The Morgan fingerprint density at radius 3 is 2.62 bits per heavy atom. The van der Waals surface area contributed by atoms with E-state index >= 15 is 0 Å². The smallest absolute Gasteiger partial charge is 0.317 e. The summed E-state index contributed by atoms with van der Waals surface area (Å²) in [7, 11) is 0. The minimum Gasteiger partial charge on any atom is -0.466 e. The predicted octanol–water partition coefficient (Wildman–Crippen LogP) is 2.27. The molecule has 0 radical (unpaired) electrons. The molecule has 3 heterocycles. The van der Waals surface area contributed by atoms with Crippen molar-refractivity contribution in [3.8, 4) is 0 Å². The topological polar surface area (TPSA) is 108 Å². The minimum absolute atomic E-state index is 0.0418. The van der Waals surface area contributed by atoms with Gasteiger partial charge in [0.1, 0.15) is 11.0 Å². The van der Waals surface area contributed by atoms with Crippen molar-refractivity contribution in [1.29, 1.82) is 0 Å². The fourth-order valence-corrected chi connectivity index (χ4v) is 4.95. The number of ether oxygens (including phenoxy) is 1. The lowest BCUT2D eigenvalue weighted by Crippen LogP contribution is -2.52. The monoisotopic (exact) mass is 512 g/mol.